The van der Waals surface area contributed by atoms with E-state index >= 15 is 0 Å². The smallest absolute Gasteiger partial charge is 0.0827 e. The molecule has 1 unspecified atom stereocenters. The van der Waals surface area contributed by atoms with Gasteiger partial charge in [0, 0.05) is 6.61 Å². The third kappa shape index (κ3) is 6.84. The quantitative estimate of drug-likeness (QED) is 0.465. The normalized spacial score (nSPS) is 23.3. The molecule has 0 amide bonds. The summed E-state index contributed by atoms with van der Waals surface area (Å²) in [6.07, 6.45) is 21.5. The topological polar surface area (TPSA) is 9.23 Å². The highest BCUT2D eigenvalue weighted by Crippen LogP contribution is 2.42. The van der Waals surface area contributed by atoms with Crippen molar-refractivity contribution < 1.29 is 4.74 Å². The van der Waals surface area contributed by atoms with Crippen molar-refractivity contribution in [1.82, 2.24) is 0 Å². The van der Waals surface area contributed by atoms with Gasteiger partial charge < -0.3 is 4.74 Å². The Bertz CT molecular complexity index is 535. The minimum Gasteiger partial charge on any atom is -0.374 e. The van der Waals surface area contributed by atoms with Gasteiger partial charge in [-0.3, -0.25) is 0 Å². The van der Waals surface area contributed by atoms with E-state index in [1.54, 1.807) is 0 Å². The molecule has 164 valence electrons. The Morgan fingerprint density at radius 3 is 2.00 bits per heavy atom. The number of ether oxygens (including phenoxy) is 1. The van der Waals surface area contributed by atoms with Crippen LogP contribution < -0.4 is 0 Å². The fraction of sp³-hybridized carbons (Fsp3) is 0.786. The van der Waals surface area contributed by atoms with Gasteiger partial charge in [0.15, 0.2) is 0 Å². The number of benzene rings is 1. The zero-order valence-electron chi connectivity index (χ0n) is 19.3. The first kappa shape index (κ1) is 22.9. The van der Waals surface area contributed by atoms with Crippen LogP contribution in [0.2, 0.25) is 0 Å². The second-order valence-corrected chi connectivity index (χ2v) is 9.91. The van der Waals surface area contributed by atoms with E-state index in [0.29, 0.717) is 6.10 Å². The molecule has 0 spiro atoms. The predicted molar refractivity (Wildman–Crippen MR) is 125 cm³/mol. The van der Waals surface area contributed by atoms with E-state index in [2.05, 4.69) is 38.1 Å². The molecule has 4 rings (SSSR count). The molecule has 0 N–H and O–H groups in total. The Balaban J connectivity index is 0.000000755. The predicted octanol–water partition coefficient (Wildman–Crippen LogP) is 8.66. The lowest BCUT2D eigenvalue weighted by Gasteiger charge is -2.38. The van der Waals surface area contributed by atoms with E-state index in [9.17, 15) is 0 Å². The van der Waals surface area contributed by atoms with Gasteiger partial charge in [-0.15, -0.1) is 0 Å². The molecule has 1 aromatic rings. The van der Waals surface area contributed by atoms with Gasteiger partial charge in [0.2, 0.25) is 0 Å². The van der Waals surface area contributed by atoms with Crippen LogP contribution in [0.15, 0.2) is 24.3 Å². The summed E-state index contributed by atoms with van der Waals surface area (Å²) >= 11 is 0. The number of aryl methyl sites for hydroxylation is 1. The standard InChI is InChI=1S/C25H38O.C3H8/c1-3-10-20(11-4-1)23(21-12-5-2-6-13-21)18-19-26-25-17-9-15-22-14-7-8-16-24(22)25;1-3-2/h7-8,14,16,20-21,23,25H,1-6,9-13,15,17-19H2;3H2,1-2H3. The fourth-order valence-electron chi connectivity index (χ4n) is 6.21. The van der Waals surface area contributed by atoms with Crippen molar-refractivity contribution in [2.24, 2.45) is 17.8 Å². The molecule has 0 aliphatic heterocycles. The van der Waals surface area contributed by atoms with Gasteiger partial charge in [0.1, 0.15) is 0 Å². The highest BCUT2D eigenvalue weighted by atomic mass is 16.5. The second-order valence-electron chi connectivity index (χ2n) is 9.91. The number of rotatable bonds is 6. The average molecular weight is 399 g/mol. The summed E-state index contributed by atoms with van der Waals surface area (Å²) in [6, 6.07) is 8.98. The minimum atomic E-state index is 0.360. The summed E-state index contributed by atoms with van der Waals surface area (Å²) < 4.78 is 6.52. The molecule has 1 heteroatoms. The van der Waals surface area contributed by atoms with Crippen LogP contribution in [-0.2, 0) is 11.2 Å². The molecule has 1 aromatic carbocycles. The summed E-state index contributed by atoms with van der Waals surface area (Å²) in [4.78, 5) is 0. The Morgan fingerprint density at radius 1 is 0.793 bits per heavy atom. The molecule has 0 bridgehead atoms. The number of hydrogen-bond acceptors (Lipinski definition) is 1. The monoisotopic (exact) mass is 398 g/mol. The molecule has 2 fully saturated rings. The number of fused-ring (bicyclic) bond motifs is 1. The van der Waals surface area contributed by atoms with Gasteiger partial charge in [-0.1, -0.05) is 109 Å². The Morgan fingerprint density at radius 2 is 1.38 bits per heavy atom. The Labute approximate surface area is 181 Å². The highest BCUT2D eigenvalue weighted by molar-refractivity contribution is 5.31. The van der Waals surface area contributed by atoms with Gasteiger partial charge in [-0.25, -0.2) is 0 Å². The maximum absolute atomic E-state index is 6.52. The van der Waals surface area contributed by atoms with Crippen LogP contribution in [0.4, 0.5) is 0 Å². The highest BCUT2D eigenvalue weighted by Gasteiger charge is 2.31. The van der Waals surface area contributed by atoms with Crippen molar-refractivity contribution in [2.75, 3.05) is 6.61 Å². The maximum atomic E-state index is 6.52. The van der Waals surface area contributed by atoms with Crippen molar-refractivity contribution in [1.29, 1.82) is 0 Å². The molecule has 3 aliphatic carbocycles. The molecule has 1 atom stereocenters. The van der Waals surface area contributed by atoms with Gasteiger partial charge in [-0.05, 0) is 54.6 Å². The number of hydrogen-bond donors (Lipinski definition) is 0. The lowest BCUT2D eigenvalue weighted by Crippen LogP contribution is -2.28. The molecular weight excluding hydrogens is 352 g/mol. The minimum absolute atomic E-state index is 0.360. The average Bonchev–Trinajstić information content (AvgIpc) is 2.78. The summed E-state index contributed by atoms with van der Waals surface area (Å²) in [6.45, 7) is 5.23. The van der Waals surface area contributed by atoms with Crippen molar-refractivity contribution in [2.45, 2.75) is 116 Å². The molecule has 0 heterocycles. The first-order valence-corrected chi connectivity index (χ1v) is 13.0. The lowest BCUT2D eigenvalue weighted by molar-refractivity contribution is 0.0150. The fourth-order valence-corrected chi connectivity index (χ4v) is 6.21. The molecule has 0 saturated heterocycles. The van der Waals surface area contributed by atoms with Crippen LogP contribution in [-0.4, -0.2) is 6.61 Å². The second kappa shape index (κ2) is 12.8. The Hall–Kier alpha value is -0.820. The van der Waals surface area contributed by atoms with Crippen molar-refractivity contribution in [3.8, 4) is 0 Å². The molecule has 0 radical (unpaired) electrons. The molecule has 3 aliphatic rings. The summed E-state index contributed by atoms with van der Waals surface area (Å²) in [7, 11) is 0. The summed E-state index contributed by atoms with van der Waals surface area (Å²) in [5, 5.41) is 0. The van der Waals surface area contributed by atoms with Crippen LogP contribution in [0.25, 0.3) is 0 Å². The molecule has 1 nitrogen and oxygen atoms in total. The van der Waals surface area contributed by atoms with Gasteiger partial charge in [0.25, 0.3) is 0 Å². The maximum Gasteiger partial charge on any atom is 0.0827 e. The zero-order valence-corrected chi connectivity index (χ0v) is 19.3. The van der Waals surface area contributed by atoms with Gasteiger partial charge >= 0.3 is 0 Å². The molecular formula is C28H46O. The van der Waals surface area contributed by atoms with E-state index in [4.69, 9.17) is 4.74 Å². The first-order valence-electron chi connectivity index (χ1n) is 13.0. The van der Waals surface area contributed by atoms with E-state index in [1.165, 1.54) is 107 Å². The largest absolute Gasteiger partial charge is 0.374 e. The van der Waals surface area contributed by atoms with Crippen LogP contribution in [0.5, 0.6) is 0 Å². The molecule has 29 heavy (non-hydrogen) atoms. The SMILES string of the molecule is CCC.c1ccc2c(c1)CCCC2OCCC(C1CCCCC1)C1CCCCC1. The van der Waals surface area contributed by atoms with Gasteiger partial charge in [0.05, 0.1) is 6.10 Å². The third-order valence-electron chi connectivity index (χ3n) is 7.60. The van der Waals surface area contributed by atoms with Crippen LogP contribution in [0.1, 0.15) is 121 Å². The summed E-state index contributed by atoms with van der Waals surface area (Å²) in [5.74, 6) is 2.93. The molecule has 0 aromatic heterocycles. The van der Waals surface area contributed by atoms with E-state index in [1.807, 2.05) is 0 Å². The van der Waals surface area contributed by atoms with E-state index < -0.39 is 0 Å². The van der Waals surface area contributed by atoms with Crippen LogP contribution in [0.3, 0.4) is 0 Å². The zero-order chi connectivity index (χ0) is 20.3. The van der Waals surface area contributed by atoms with Crippen molar-refractivity contribution in [3.05, 3.63) is 35.4 Å². The van der Waals surface area contributed by atoms with E-state index in [0.717, 1.165) is 24.4 Å². The Kier molecular flexibility index (Phi) is 10.1. The van der Waals surface area contributed by atoms with Crippen molar-refractivity contribution >= 4 is 0 Å². The van der Waals surface area contributed by atoms with Gasteiger partial charge in [-0.2, -0.15) is 0 Å². The third-order valence-corrected chi connectivity index (χ3v) is 7.60. The summed E-state index contributed by atoms with van der Waals surface area (Å²) in [5.41, 5.74) is 3.01. The first-order chi connectivity index (χ1) is 14.3. The van der Waals surface area contributed by atoms with E-state index in [-0.39, 0.29) is 0 Å². The van der Waals surface area contributed by atoms with Crippen molar-refractivity contribution in [3.63, 3.8) is 0 Å². The van der Waals surface area contributed by atoms with Crippen LogP contribution in [0, 0.1) is 17.8 Å². The molecule has 2 saturated carbocycles. The van der Waals surface area contributed by atoms with Crippen LogP contribution >= 0.6 is 0 Å². The lowest BCUT2D eigenvalue weighted by atomic mass is 9.68.